The quantitative estimate of drug-likeness (QED) is 0.111. The minimum Gasteiger partial charge on any atom is -0.493 e. The van der Waals surface area contributed by atoms with Crippen molar-refractivity contribution in [2.24, 2.45) is 0 Å². The summed E-state index contributed by atoms with van der Waals surface area (Å²) in [4.78, 5) is 16.1. The van der Waals surface area contributed by atoms with Crippen LogP contribution in [0.15, 0.2) is 158 Å². The lowest BCUT2D eigenvalue weighted by Gasteiger charge is -2.47. The van der Waals surface area contributed by atoms with Crippen molar-refractivity contribution in [3.8, 4) is 39.5 Å². The molecule has 0 amide bonds. The summed E-state index contributed by atoms with van der Waals surface area (Å²) >= 11 is 0. The second-order valence-corrected chi connectivity index (χ2v) is 19.5. The second-order valence-electron chi connectivity index (χ2n) is 19.5. The number of anilines is 2. The predicted molar refractivity (Wildman–Crippen MR) is 269 cm³/mol. The van der Waals surface area contributed by atoms with E-state index in [1.165, 1.54) is 41.6 Å². The van der Waals surface area contributed by atoms with Gasteiger partial charge in [-0.15, -0.1) is 0 Å². The van der Waals surface area contributed by atoms with Crippen LogP contribution in [0, 0.1) is 24.0 Å². The number of nitro groups is 1. The Kier molecular flexibility index (Phi) is 9.57. The lowest BCUT2D eigenvalue weighted by molar-refractivity contribution is -0.385. The molecule has 67 heavy (non-hydrogen) atoms. The molecule has 0 fully saturated rings. The molecule has 2 unspecified atom stereocenters. The minimum atomic E-state index is -0.926. The van der Waals surface area contributed by atoms with Crippen LogP contribution in [0.3, 0.4) is 0 Å². The first-order valence-corrected chi connectivity index (χ1v) is 23.0. The van der Waals surface area contributed by atoms with Crippen molar-refractivity contribution in [2.45, 2.75) is 76.9 Å². The van der Waals surface area contributed by atoms with Crippen molar-refractivity contribution in [3.63, 3.8) is 0 Å². The lowest BCUT2D eigenvalue weighted by Crippen LogP contribution is -2.59. The molecule has 0 aromatic heterocycles. The zero-order chi connectivity index (χ0) is 46.5. The molecule has 7 aromatic rings. The van der Waals surface area contributed by atoms with Crippen molar-refractivity contribution >= 4 is 29.2 Å². The molecular formula is C59H53N3O5. The molecule has 334 valence electrons. The molecule has 0 saturated heterocycles. The monoisotopic (exact) mass is 883 g/mol. The Morgan fingerprint density at radius 1 is 0.567 bits per heavy atom. The SMILES string of the molecule is COc1cc([N+](=O)[O-])cc2c1OC1(C=C2)N(Cc2ccc(-c3ccc(-c4ccc(CN5c6ccccc6C(C)(C)C56C=Cc5cc(C)cc(C)c5O6)cc4)cc3)cc2)c2ccccc2C1(C)C. The van der Waals surface area contributed by atoms with Crippen molar-refractivity contribution < 1.29 is 19.1 Å². The fourth-order valence-electron chi connectivity index (χ4n) is 11.2. The Morgan fingerprint density at radius 2 is 1.00 bits per heavy atom. The smallest absolute Gasteiger partial charge is 0.274 e. The number of hydrogen-bond donors (Lipinski definition) is 0. The number of benzene rings is 7. The highest BCUT2D eigenvalue weighted by Crippen LogP contribution is 2.58. The maximum Gasteiger partial charge on any atom is 0.274 e. The van der Waals surface area contributed by atoms with E-state index in [1.54, 1.807) is 0 Å². The van der Waals surface area contributed by atoms with Crippen molar-refractivity contribution in [3.05, 3.63) is 212 Å². The molecule has 0 N–H and O–H groups in total. The topological polar surface area (TPSA) is 77.3 Å². The van der Waals surface area contributed by atoms with Crippen molar-refractivity contribution in [1.82, 2.24) is 0 Å². The fraction of sp³-hybridized carbons (Fsp3) is 0.220. The first-order chi connectivity index (χ1) is 32.2. The first-order valence-electron chi connectivity index (χ1n) is 23.0. The Bertz CT molecular complexity index is 3190. The van der Waals surface area contributed by atoms with Crippen LogP contribution in [0.2, 0.25) is 0 Å². The lowest BCUT2D eigenvalue weighted by atomic mass is 9.76. The van der Waals surface area contributed by atoms with E-state index in [4.69, 9.17) is 14.2 Å². The van der Waals surface area contributed by atoms with Gasteiger partial charge < -0.3 is 24.0 Å². The maximum atomic E-state index is 11.7. The van der Waals surface area contributed by atoms with Crippen LogP contribution >= 0.6 is 0 Å². The van der Waals surface area contributed by atoms with Gasteiger partial charge in [-0.25, -0.2) is 0 Å². The Morgan fingerprint density at radius 3 is 1.46 bits per heavy atom. The van der Waals surface area contributed by atoms with Crippen LogP contribution in [0.25, 0.3) is 34.4 Å². The van der Waals surface area contributed by atoms with Crippen LogP contribution < -0.4 is 24.0 Å². The van der Waals surface area contributed by atoms with Gasteiger partial charge in [-0.2, -0.15) is 0 Å². The van der Waals surface area contributed by atoms with Gasteiger partial charge in [0.1, 0.15) is 5.75 Å². The van der Waals surface area contributed by atoms with Crippen LogP contribution in [0.5, 0.6) is 17.2 Å². The van der Waals surface area contributed by atoms with E-state index >= 15 is 0 Å². The van der Waals surface area contributed by atoms with E-state index in [9.17, 15) is 10.1 Å². The number of nitrogens with zero attached hydrogens (tertiary/aromatic N) is 3. The van der Waals surface area contributed by atoms with Gasteiger partial charge in [0.15, 0.2) is 11.5 Å². The highest BCUT2D eigenvalue weighted by molar-refractivity contribution is 5.77. The van der Waals surface area contributed by atoms with Crippen LogP contribution in [-0.2, 0) is 23.9 Å². The number of nitro benzene ring substituents is 1. The van der Waals surface area contributed by atoms with Gasteiger partial charge in [-0.3, -0.25) is 10.1 Å². The molecule has 4 aliphatic heterocycles. The summed E-state index contributed by atoms with van der Waals surface area (Å²) in [6, 6.07) is 51.1. The third-order valence-corrected chi connectivity index (χ3v) is 14.9. The molecule has 11 rings (SSSR count). The minimum absolute atomic E-state index is 0.0439. The number of ether oxygens (including phenoxy) is 3. The van der Waals surface area contributed by atoms with E-state index in [-0.39, 0.29) is 11.1 Å². The van der Waals surface area contributed by atoms with E-state index < -0.39 is 21.8 Å². The normalized spacial score (nSPS) is 19.9. The third kappa shape index (κ3) is 6.40. The van der Waals surface area contributed by atoms with Gasteiger partial charge in [0.05, 0.1) is 28.9 Å². The Balaban J connectivity index is 0.826. The standard InChI is InChI=1S/C59H53N3O5/c1-38-32-39(2)54-46(33-38)28-30-58(66-54)56(3,4)49-12-8-10-14-51(49)60(58)36-40-16-20-42(21-17-40)44-24-26-45(27-25-44)43-22-18-41(19-23-43)37-61-52-15-11-9-13-50(52)57(5,6)59(61)31-29-47-34-48(62(63)64)35-53(65-7)55(47)67-59/h8-35H,36-37H2,1-7H3. The largest absolute Gasteiger partial charge is 0.493 e. The predicted octanol–water partition coefficient (Wildman–Crippen LogP) is 13.8. The number of fused-ring (bicyclic) bond motifs is 4. The van der Waals surface area contributed by atoms with Crippen molar-refractivity contribution in [2.75, 3.05) is 16.9 Å². The number of aryl methyl sites for hydroxylation is 2. The number of hydrogen-bond acceptors (Lipinski definition) is 7. The van der Waals surface area contributed by atoms with E-state index in [1.807, 2.05) is 6.08 Å². The molecular weight excluding hydrogens is 831 g/mol. The molecule has 8 nitrogen and oxygen atoms in total. The molecule has 2 atom stereocenters. The summed E-state index contributed by atoms with van der Waals surface area (Å²) in [7, 11) is 1.52. The van der Waals surface area contributed by atoms with E-state index in [0.29, 0.717) is 30.2 Å². The molecule has 4 aliphatic rings. The van der Waals surface area contributed by atoms with Crippen molar-refractivity contribution in [1.29, 1.82) is 0 Å². The molecule has 4 heterocycles. The molecule has 7 aromatic carbocycles. The van der Waals surface area contributed by atoms with Gasteiger partial charge in [-0.05, 0) is 134 Å². The van der Waals surface area contributed by atoms with Gasteiger partial charge >= 0.3 is 0 Å². The number of methoxy groups -OCH3 is 1. The summed E-state index contributed by atoms with van der Waals surface area (Å²) in [5.74, 6) is 1.78. The summed E-state index contributed by atoms with van der Waals surface area (Å²) in [5, 5.41) is 11.7. The van der Waals surface area contributed by atoms with Crippen LogP contribution in [0.4, 0.5) is 17.1 Å². The summed E-state index contributed by atoms with van der Waals surface area (Å²) in [6.45, 7) is 14.5. The highest BCUT2D eigenvalue weighted by Gasteiger charge is 2.60. The van der Waals surface area contributed by atoms with Gasteiger partial charge in [0.25, 0.3) is 5.69 Å². The number of non-ortho nitro benzene ring substituents is 1. The highest BCUT2D eigenvalue weighted by atomic mass is 16.6. The second kappa shape index (κ2) is 15.2. The van der Waals surface area contributed by atoms with Crippen LogP contribution in [0.1, 0.15) is 72.2 Å². The molecule has 0 saturated carbocycles. The number of rotatable bonds is 8. The number of para-hydroxylation sites is 2. The van der Waals surface area contributed by atoms with Gasteiger partial charge in [0, 0.05) is 41.7 Å². The average Bonchev–Trinajstić information content (AvgIpc) is 3.62. The van der Waals surface area contributed by atoms with Gasteiger partial charge in [-0.1, -0.05) is 121 Å². The average molecular weight is 884 g/mol. The van der Waals surface area contributed by atoms with Gasteiger partial charge in [0.2, 0.25) is 11.4 Å². The van der Waals surface area contributed by atoms with Crippen LogP contribution in [-0.4, -0.2) is 23.5 Å². The molecule has 0 aliphatic carbocycles. The van der Waals surface area contributed by atoms with E-state index in [0.717, 1.165) is 55.9 Å². The van der Waals surface area contributed by atoms with E-state index in [2.05, 4.69) is 203 Å². The molecule has 0 bridgehead atoms. The Labute approximate surface area is 392 Å². The maximum absolute atomic E-state index is 11.7. The zero-order valence-electron chi connectivity index (χ0n) is 39.0. The fourth-order valence-corrected chi connectivity index (χ4v) is 11.2. The Hall–Kier alpha value is -7.58. The summed E-state index contributed by atoms with van der Waals surface area (Å²) in [5.41, 5.74) is 13.3. The zero-order valence-corrected chi connectivity index (χ0v) is 39.0. The first kappa shape index (κ1) is 42.1. The molecule has 2 spiro atoms. The molecule has 0 radical (unpaired) electrons. The summed E-state index contributed by atoms with van der Waals surface area (Å²) < 4.78 is 19.9. The summed E-state index contributed by atoms with van der Waals surface area (Å²) in [6.07, 6.45) is 8.52. The third-order valence-electron chi connectivity index (χ3n) is 14.9. The molecule has 8 heteroatoms.